The molecule has 0 saturated heterocycles. The Bertz CT molecular complexity index is 885. The zero-order valence-corrected chi connectivity index (χ0v) is 12.6. The van der Waals surface area contributed by atoms with Gasteiger partial charge in [0, 0.05) is 5.39 Å². The summed E-state index contributed by atoms with van der Waals surface area (Å²) >= 11 is 0. The highest BCUT2D eigenvalue weighted by Crippen LogP contribution is 2.37. The molecule has 0 N–H and O–H groups in total. The molecule has 1 unspecified atom stereocenters. The monoisotopic (exact) mass is 293 g/mol. The normalized spacial score (nSPS) is 23.3. The van der Waals surface area contributed by atoms with Gasteiger partial charge in [-0.25, -0.2) is 14.9 Å². The summed E-state index contributed by atoms with van der Waals surface area (Å²) in [6.45, 7) is 5.64. The van der Waals surface area contributed by atoms with E-state index < -0.39 is 5.54 Å². The number of amidine groups is 1. The molecule has 5 nitrogen and oxygen atoms in total. The van der Waals surface area contributed by atoms with E-state index in [2.05, 4.69) is 9.98 Å². The molecule has 1 aromatic heterocycles. The maximum absolute atomic E-state index is 12.7. The summed E-state index contributed by atoms with van der Waals surface area (Å²) < 4.78 is 0. The lowest BCUT2D eigenvalue weighted by atomic mass is 9.88. The number of nitrogens with zero attached hydrogens (tertiary/aromatic N) is 3. The molecular formula is C17H15N3O2. The molecule has 0 fully saturated rings. The lowest BCUT2D eigenvalue weighted by Gasteiger charge is -2.24. The van der Waals surface area contributed by atoms with Crippen LogP contribution in [0.1, 0.15) is 36.8 Å². The second-order valence-electron chi connectivity index (χ2n) is 6.26. The van der Waals surface area contributed by atoms with Gasteiger partial charge in [-0.05, 0) is 25.0 Å². The van der Waals surface area contributed by atoms with Gasteiger partial charge in [-0.15, -0.1) is 0 Å². The average molecular weight is 293 g/mol. The van der Waals surface area contributed by atoms with E-state index in [1.165, 1.54) is 4.90 Å². The second kappa shape index (κ2) is 4.00. The van der Waals surface area contributed by atoms with Crippen LogP contribution in [0.4, 0.5) is 0 Å². The van der Waals surface area contributed by atoms with E-state index in [1.54, 1.807) is 13.0 Å². The van der Waals surface area contributed by atoms with Crippen LogP contribution >= 0.6 is 0 Å². The van der Waals surface area contributed by atoms with Crippen molar-refractivity contribution in [3.05, 3.63) is 41.6 Å². The largest absolute Gasteiger partial charge is 0.271 e. The first-order valence-corrected chi connectivity index (χ1v) is 7.32. The fraction of sp³-hybridized carbons (Fsp3) is 0.294. The van der Waals surface area contributed by atoms with E-state index in [-0.39, 0.29) is 17.7 Å². The zero-order chi connectivity index (χ0) is 15.6. The molecule has 0 saturated carbocycles. The molecule has 0 spiro atoms. The molecule has 4 rings (SSSR count). The van der Waals surface area contributed by atoms with Gasteiger partial charge in [0.1, 0.15) is 11.2 Å². The van der Waals surface area contributed by atoms with Crippen LogP contribution in [-0.4, -0.2) is 33.1 Å². The lowest BCUT2D eigenvalue weighted by molar-refractivity contribution is -0.130. The third-order valence-corrected chi connectivity index (χ3v) is 4.68. The minimum Gasteiger partial charge on any atom is -0.271 e. The maximum Gasteiger partial charge on any atom is 0.268 e. The molecule has 2 aromatic rings. The quantitative estimate of drug-likeness (QED) is 0.758. The first-order chi connectivity index (χ1) is 10.4. The van der Waals surface area contributed by atoms with Crippen LogP contribution < -0.4 is 0 Å². The molecule has 2 amide bonds. The number of aromatic nitrogens is 1. The van der Waals surface area contributed by atoms with Crippen molar-refractivity contribution in [1.82, 2.24) is 9.88 Å². The highest BCUT2D eigenvalue weighted by Gasteiger charge is 2.54. The number of para-hydroxylation sites is 1. The van der Waals surface area contributed by atoms with Gasteiger partial charge in [-0.1, -0.05) is 32.0 Å². The van der Waals surface area contributed by atoms with Crippen LogP contribution in [0.2, 0.25) is 0 Å². The Morgan fingerprint density at radius 2 is 1.91 bits per heavy atom. The number of amides is 2. The Labute approximate surface area is 127 Å². The molecule has 22 heavy (non-hydrogen) atoms. The number of benzene rings is 1. The average Bonchev–Trinajstić information content (AvgIpc) is 2.92. The van der Waals surface area contributed by atoms with Crippen molar-refractivity contribution >= 4 is 28.6 Å². The highest BCUT2D eigenvalue weighted by molar-refractivity contribution is 6.34. The van der Waals surface area contributed by atoms with Crippen LogP contribution in [0.15, 0.2) is 35.3 Å². The molecule has 1 atom stereocenters. The van der Waals surface area contributed by atoms with Crippen molar-refractivity contribution in [3.63, 3.8) is 0 Å². The van der Waals surface area contributed by atoms with E-state index in [4.69, 9.17) is 0 Å². The third kappa shape index (κ3) is 1.43. The Hall–Kier alpha value is -2.56. The summed E-state index contributed by atoms with van der Waals surface area (Å²) in [5, 5.41) is 0.885. The number of hydrogen-bond acceptors (Lipinski definition) is 4. The van der Waals surface area contributed by atoms with Crippen molar-refractivity contribution in [1.29, 1.82) is 0 Å². The summed E-state index contributed by atoms with van der Waals surface area (Å²) in [5.74, 6) is -0.173. The van der Waals surface area contributed by atoms with Crippen LogP contribution in [0.25, 0.3) is 10.9 Å². The predicted octanol–water partition coefficient (Wildman–Crippen LogP) is 2.39. The van der Waals surface area contributed by atoms with Crippen LogP contribution in [0.5, 0.6) is 0 Å². The molecule has 3 heterocycles. The molecule has 2 aliphatic rings. The Morgan fingerprint density at radius 1 is 1.18 bits per heavy atom. The molecule has 110 valence electrons. The van der Waals surface area contributed by atoms with Crippen molar-refractivity contribution in [3.8, 4) is 0 Å². The second-order valence-corrected chi connectivity index (χ2v) is 6.26. The van der Waals surface area contributed by atoms with Gasteiger partial charge in [0.25, 0.3) is 11.8 Å². The van der Waals surface area contributed by atoms with Crippen molar-refractivity contribution in [2.24, 2.45) is 10.9 Å². The number of carbonyl (C=O) groups is 2. The van der Waals surface area contributed by atoms with Gasteiger partial charge in [0.05, 0.1) is 11.1 Å². The van der Waals surface area contributed by atoms with Gasteiger partial charge in [0.15, 0.2) is 5.84 Å². The number of fused-ring (bicyclic) bond motifs is 4. The number of carbonyl (C=O) groups excluding carboxylic acids is 2. The first kappa shape index (κ1) is 13.1. The topological polar surface area (TPSA) is 62.6 Å². The SMILES string of the molecule is CC(C)C1(C)N=C2c3nc4ccccc4cc3C(=O)N2C1=O. The van der Waals surface area contributed by atoms with Crippen molar-refractivity contribution in [2.45, 2.75) is 26.3 Å². The van der Waals surface area contributed by atoms with E-state index in [9.17, 15) is 9.59 Å². The summed E-state index contributed by atoms with van der Waals surface area (Å²) in [6, 6.07) is 9.38. The predicted molar refractivity (Wildman–Crippen MR) is 82.7 cm³/mol. The fourth-order valence-corrected chi connectivity index (χ4v) is 2.93. The van der Waals surface area contributed by atoms with E-state index in [1.807, 2.05) is 38.1 Å². The van der Waals surface area contributed by atoms with Gasteiger partial charge in [-0.3, -0.25) is 9.59 Å². The fourth-order valence-electron chi connectivity index (χ4n) is 2.93. The Morgan fingerprint density at radius 3 is 2.64 bits per heavy atom. The number of aliphatic imine (C=N–C) groups is 1. The molecule has 0 radical (unpaired) electrons. The third-order valence-electron chi connectivity index (χ3n) is 4.68. The number of rotatable bonds is 1. The summed E-state index contributed by atoms with van der Waals surface area (Å²) in [7, 11) is 0. The number of imide groups is 1. The van der Waals surface area contributed by atoms with Crippen LogP contribution in [0, 0.1) is 5.92 Å². The zero-order valence-electron chi connectivity index (χ0n) is 12.6. The minimum atomic E-state index is -0.893. The highest BCUT2D eigenvalue weighted by atomic mass is 16.2. The standard InChI is InChI=1S/C17H15N3O2/c1-9(2)17(3)16(22)20-14(19-17)13-11(15(20)21)8-10-6-4-5-7-12(10)18-13/h4-9H,1-3H3. The van der Waals surface area contributed by atoms with Gasteiger partial charge in [-0.2, -0.15) is 0 Å². The van der Waals surface area contributed by atoms with Crippen molar-refractivity contribution in [2.75, 3.05) is 0 Å². The maximum atomic E-state index is 12.7. The van der Waals surface area contributed by atoms with E-state index in [0.29, 0.717) is 17.1 Å². The minimum absolute atomic E-state index is 0.00908. The van der Waals surface area contributed by atoms with Crippen LogP contribution in [0.3, 0.4) is 0 Å². The molecule has 0 aliphatic carbocycles. The summed E-state index contributed by atoms with van der Waals surface area (Å²) in [6.07, 6.45) is 0. The van der Waals surface area contributed by atoms with E-state index in [0.717, 1.165) is 10.9 Å². The van der Waals surface area contributed by atoms with E-state index >= 15 is 0 Å². The molecular weight excluding hydrogens is 278 g/mol. The summed E-state index contributed by atoms with van der Waals surface area (Å²) in [5.41, 5.74) is 0.873. The van der Waals surface area contributed by atoms with Crippen molar-refractivity contribution < 1.29 is 9.59 Å². The van der Waals surface area contributed by atoms with Gasteiger partial charge < -0.3 is 0 Å². The van der Waals surface area contributed by atoms with Gasteiger partial charge in [0.2, 0.25) is 0 Å². The molecule has 1 aromatic carbocycles. The van der Waals surface area contributed by atoms with Gasteiger partial charge >= 0.3 is 0 Å². The number of hydrogen-bond donors (Lipinski definition) is 0. The molecule has 0 bridgehead atoms. The lowest BCUT2D eigenvalue weighted by Crippen LogP contribution is -2.44. The first-order valence-electron chi connectivity index (χ1n) is 7.32. The Balaban J connectivity index is 1.99. The molecule has 5 heteroatoms. The van der Waals surface area contributed by atoms with Crippen LogP contribution in [-0.2, 0) is 4.79 Å². The number of pyridine rings is 1. The Kier molecular flexibility index (Phi) is 2.39. The summed E-state index contributed by atoms with van der Waals surface area (Å²) in [4.78, 5) is 35.6. The smallest absolute Gasteiger partial charge is 0.268 e. The molecule has 2 aliphatic heterocycles.